The summed E-state index contributed by atoms with van der Waals surface area (Å²) in [4.78, 5) is 24.4. The second-order valence-electron chi connectivity index (χ2n) is 7.01. The molecule has 3 aromatic rings. The fraction of sp³-hybridized carbons (Fsp3) is 0.200. The van der Waals surface area contributed by atoms with E-state index in [4.69, 9.17) is 10.5 Å². The minimum atomic E-state index is -0.974. The summed E-state index contributed by atoms with van der Waals surface area (Å²) >= 11 is 0. The Hall–Kier alpha value is -3.24. The van der Waals surface area contributed by atoms with E-state index in [-0.39, 0.29) is 5.92 Å². The molecular formula is C25H25NO3. The molecule has 4 heteroatoms. The lowest BCUT2D eigenvalue weighted by molar-refractivity contribution is -0.131. The first-order valence-electron chi connectivity index (χ1n) is 9.67. The molecule has 0 aliphatic rings. The SMILES string of the molecule is CC(=O)Oc1cccc(C(C=O)(c2ccccc2)C(CCN)c2ccccc2)c1. The van der Waals surface area contributed by atoms with Crippen LogP contribution in [0.1, 0.15) is 36.0 Å². The summed E-state index contributed by atoms with van der Waals surface area (Å²) in [6.45, 7) is 1.80. The molecule has 148 valence electrons. The number of carbonyl (C=O) groups is 2. The van der Waals surface area contributed by atoms with Gasteiger partial charge < -0.3 is 15.3 Å². The molecule has 3 aromatic carbocycles. The molecule has 2 atom stereocenters. The highest BCUT2D eigenvalue weighted by Crippen LogP contribution is 2.45. The van der Waals surface area contributed by atoms with Gasteiger partial charge in [0.05, 0.1) is 5.41 Å². The van der Waals surface area contributed by atoms with E-state index >= 15 is 0 Å². The molecule has 0 saturated heterocycles. The first-order chi connectivity index (χ1) is 14.1. The molecule has 0 amide bonds. The number of hydrogen-bond donors (Lipinski definition) is 1. The maximum Gasteiger partial charge on any atom is 0.308 e. The zero-order chi connectivity index (χ0) is 20.7. The molecule has 0 bridgehead atoms. The van der Waals surface area contributed by atoms with Crippen molar-refractivity contribution < 1.29 is 14.3 Å². The Bertz CT molecular complexity index is 956. The molecule has 0 heterocycles. The molecule has 29 heavy (non-hydrogen) atoms. The average Bonchev–Trinajstić information content (AvgIpc) is 2.75. The predicted octanol–water partition coefficient (Wildman–Crippen LogP) is 4.23. The van der Waals surface area contributed by atoms with E-state index in [0.717, 1.165) is 23.0 Å². The van der Waals surface area contributed by atoms with Gasteiger partial charge in [0, 0.05) is 12.8 Å². The van der Waals surface area contributed by atoms with Crippen molar-refractivity contribution in [2.75, 3.05) is 6.54 Å². The molecule has 0 aliphatic carbocycles. The van der Waals surface area contributed by atoms with E-state index in [1.165, 1.54) is 6.92 Å². The van der Waals surface area contributed by atoms with Gasteiger partial charge in [-0.1, -0.05) is 72.8 Å². The standard InChI is InChI=1S/C25H25NO3/c1-19(28)29-23-14-8-13-22(17-23)25(18-27,21-11-6-3-7-12-21)24(15-16-26)20-9-4-2-5-10-20/h2-14,17-18,24H,15-16,26H2,1H3. The van der Waals surface area contributed by atoms with Gasteiger partial charge in [0.25, 0.3) is 0 Å². The van der Waals surface area contributed by atoms with Crippen molar-refractivity contribution in [1.29, 1.82) is 0 Å². The van der Waals surface area contributed by atoms with Crippen LogP contribution >= 0.6 is 0 Å². The molecule has 2 N–H and O–H groups in total. The van der Waals surface area contributed by atoms with E-state index in [1.54, 1.807) is 18.2 Å². The van der Waals surface area contributed by atoms with Gasteiger partial charge in [-0.3, -0.25) is 4.79 Å². The molecule has 0 aliphatic heterocycles. The maximum atomic E-state index is 12.9. The summed E-state index contributed by atoms with van der Waals surface area (Å²) in [5, 5.41) is 0. The monoisotopic (exact) mass is 387 g/mol. The number of ether oxygens (including phenoxy) is 1. The highest BCUT2D eigenvalue weighted by Gasteiger charge is 2.42. The number of hydrogen-bond acceptors (Lipinski definition) is 4. The zero-order valence-electron chi connectivity index (χ0n) is 16.5. The normalized spacial score (nSPS) is 13.9. The Morgan fingerprint density at radius 2 is 1.59 bits per heavy atom. The Morgan fingerprint density at radius 1 is 0.966 bits per heavy atom. The summed E-state index contributed by atoms with van der Waals surface area (Å²) in [7, 11) is 0. The molecule has 0 spiro atoms. The van der Waals surface area contributed by atoms with Crippen molar-refractivity contribution in [2.24, 2.45) is 5.73 Å². The topological polar surface area (TPSA) is 69.4 Å². The lowest BCUT2D eigenvalue weighted by Crippen LogP contribution is -2.38. The van der Waals surface area contributed by atoms with Crippen molar-refractivity contribution >= 4 is 12.3 Å². The third-order valence-corrected chi connectivity index (χ3v) is 5.22. The Balaban J connectivity index is 2.27. The fourth-order valence-electron chi connectivity index (χ4n) is 3.99. The van der Waals surface area contributed by atoms with Gasteiger partial charge in [0.15, 0.2) is 0 Å². The van der Waals surface area contributed by atoms with E-state index in [9.17, 15) is 9.59 Å². The van der Waals surface area contributed by atoms with Gasteiger partial charge in [-0.25, -0.2) is 0 Å². The minimum Gasteiger partial charge on any atom is -0.427 e. The predicted molar refractivity (Wildman–Crippen MR) is 114 cm³/mol. The van der Waals surface area contributed by atoms with Crippen molar-refractivity contribution in [1.82, 2.24) is 0 Å². The van der Waals surface area contributed by atoms with E-state index < -0.39 is 11.4 Å². The summed E-state index contributed by atoms with van der Waals surface area (Å²) in [6.07, 6.45) is 1.62. The van der Waals surface area contributed by atoms with Crippen LogP contribution in [0.3, 0.4) is 0 Å². The van der Waals surface area contributed by atoms with Crippen LogP contribution in [0.2, 0.25) is 0 Å². The van der Waals surface area contributed by atoms with Crippen LogP contribution in [-0.4, -0.2) is 18.8 Å². The van der Waals surface area contributed by atoms with Crippen LogP contribution in [0.15, 0.2) is 84.9 Å². The van der Waals surface area contributed by atoms with Gasteiger partial charge in [0.1, 0.15) is 12.0 Å². The van der Waals surface area contributed by atoms with Crippen molar-refractivity contribution in [3.8, 4) is 5.75 Å². The average molecular weight is 387 g/mol. The van der Waals surface area contributed by atoms with E-state index in [0.29, 0.717) is 18.7 Å². The van der Waals surface area contributed by atoms with Gasteiger partial charge in [-0.2, -0.15) is 0 Å². The van der Waals surface area contributed by atoms with E-state index in [2.05, 4.69) is 0 Å². The lowest BCUT2D eigenvalue weighted by Gasteiger charge is -2.38. The largest absolute Gasteiger partial charge is 0.427 e. The summed E-state index contributed by atoms with van der Waals surface area (Å²) in [6, 6.07) is 26.8. The van der Waals surface area contributed by atoms with Gasteiger partial charge in [-0.05, 0) is 41.8 Å². The molecule has 0 aromatic heterocycles. The zero-order valence-corrected chi connectivity index (χ0v) is 16.5. The second kappa shape index (κ2) is 9.30. The lowest BCUT2D eigenvalue weighted by atomic mass is 9.63. The third-order valence-electron chi connectivity index (χ3n) is 5.22. The van der Waals surface area contributed by atoms with Crippen LogP contribution < -0.4 is 10.5 Å². The smallest absolute Gasteiger partial charge is 0.308 e. The molecule has 0 fully saturated rings. The molecular weight excluding hydrogens is 362 g/mol. The van der Waals surface area contributed by atoms with Crippen LogP contribution in [0.25, 0.3) is 0 Å². The number of aldehydes is 1. The number of nitrogens with two attached hydrogens (primary N) is 1. The molecule has 4 nitrogen and oxygen atoms in total. The highest BCUT2D eigenvalue weighted by molar-refractivity contribution is 5.78. The summed E-state index contributed by atoms with van der Waals surface area (Å²) < 4.78 is 5.30. The molecule has 3 rings (SSSR count). The number of carbonyl (C=O) groups excluding carboxylic acids is 2. The summed E-state index contributed by atoms with van der Waals surface area (Å²) in [5.41, 5.74) is 7.68. The molecule has 0 radical (unpaired) electrons. The molecule has 2 unspecified atom stereocenters. The van der Waals surface area contributed by atoms with Crippen LogP contribution in [0.5, 0.6) is 5.75 Å². The van der Waals surface area contributed by atoms with Crippen LogP contribution in [0.4, 0.5) is 0 Å². The van der Waals surface area contributed by atoms with Crippen LogP contribution in [-0.2, 0) is 15.0 Å². The quantitative estimate of drug-likeness (QED) is 0.357. The number of benzene rings is 3. The van der Waals surface area contributed by atoms with Crippen molar-refractivity contribution in [3.05, 3.63) is 102 Å². The minimum absolute atomic E-state index is 0.179. The second-order valence-corrected chi connectivity index (χ2v) is 7.01. The van der Waals surface area contributed by atoms with Gasteiger partial charge in [-0.15, -0.1) is 0 Å². The first kappa shape index (κ1) is 20.5. The Morgan fingerprint density at radius 3 is 2.17 bits per heavy atom. The Kier molecular flexibility index (Phi) is 6.57. The Labute approximate surface area is 171 Å². The highest BCUT2D eigenvalue weighted by atomic mass is 16.5. The van der Waals surface area contributed by atoms with Gasteiger partial charge in [0.2, 0.25) is 0 Å². The first-order valence-corrected chi connectivity index (χ1v) is 9.67. The van der Waals surface area contributed by atoms with E-state index in [1.807, 2.05) is 66.7 Å². The maximum absolute atomic E-state index is 12.9. The van der Waals surface area contributed by atoms with Crippen molar-refractivity contribution in [3.63, 3.8) is 0 Å². The number of esters is 1. The third kappa shape index (κ3) is 4.28. The number of rotatable bonds is 8. The van der Waals surface area contributed by atoms with Crippen LogP contribution in [0, 0.1) is 0 Å². The van der Waals surface area contributed by atoms with Crippen molar-refractivity contribution in [2.45, 2.75) is 24.7 Å². The fourth-order valence-corrected chi connectivity index (χ4v) is 3.99. The summed E-state index contributed by atoms with van der Waals surface area (Å²) in [5.74, 6) is -0.168. The van der Waals surface area contributed by atoms with Gasteiger partial charge >= 0.3 is 5.97 Å². The molecule has 0 saturated carbocycles.